The van der Waals surface area contributed by atoms with E-state index in [1.54, 1.807) is 0 Å². The predicted octanol–water partition coefficient (Wildman–Crippen LogP) is 8.32. The molecule has 0 atom stereocenters. The van der Waals surface area contributed by atoms with Gasteiger partial charge in [0.05, 0.1) is 0 Å². The van der Waals surface area contributed by atoms with E-state index in [2.05, 4.69) is 32.9 Å². The summed E-state index contributed by atoms with van der Waals surface area (Å²) in [4.78, 5) is 13.7. The van der Waals surface area contributed by atoms with Gasteiger partial charge in [-0.25, -0.2) is 0 Å². The van der Waals surface area contributed by atoms with Gasteiger partial charge in [0, 0.05) is 0 Å². The molecule has 1 aromatic carbocycles. The second-order valence-electron chi connectivity index (χ2n) is 8.41. The van der Waals surface area contributed by atoms with Gasteiger partial charge in [-0.3, -0.25) is 0 Å². The van der Waals surface area contributed by atoms with E-state index in [-0.39, 0.29) is 0 Å². The summed E-state index contributed by atoms with van der Waals surface area (Å²) in [6.45, 7) is 6.82. The number of carbonyl (C=O) groups excluding carboxylic acids is 1. The summed E-state index contributed by atoms with van der Waals surface area (Å²) >= 11 is 0. The van der Waals surface area contributed by atoms with Crippen molar-refractivity contribution < 1.29 is 4.79 Å². The Kier molecular flexibility index (Phi) is 13.8. The summed E-state index contributed by atoms with van der Waals surface area (Å²) in [6.07, 6.45) is 19.1. The third kappa shape index (κ3) is 9.38. The fourth-order valence-corrected chi connectivity index (χ4v) is 9.27. The van der Waals surface area contributed by atoms with Gasteiger partial charge >= 0.3 is 170 Å². The van der Waals surface area contributed by atoms with Crippen molar-refractivity contribution in [3.8, 4) is 0 Å². The van der Waals surface area contributed by atoms with E-state index in [4.69, 9.17) is 0 Å². The van der Waals surface area contributed by atoms with Crippen LogP contribution < -0.4 is 0 Å². The van der Waals surface area contributed by atoms with Crippen LogP contribution in [0.4, 0.5) is 0 Å². The summed E-state index contributed by atoms with van der Waals surface area (Å²) in [5.41, 5.74) is 1.55. The molecule has 0 amide bonds. The van der Waals surface area contributed by atoms with Crippen molar-refractivity contribution in [1.82, 2.24) is 0 Å². The first kappa shape index (κ1) is 24.4. The fourth-order valence-electron chi connectivity index (χ4n) is 4.28. The first-order valence-corrected chi connectivity index (χ1v) is 14.4. The van der Waals surface area contributed by atoms with Crippen LogP contribution in [0.1, 0.15) is 108 Å². The Hall–Kier alpha value is -0.680. The molecule has 0 aromatic heterocycles. The molecule has 0 spiro atoms. The Morgan fingerprint density at radius 1 is 0.630 bits per heavy atom. The van der Waals surface area contributed by atoms with Crippen molar-refractivity contribution in [2.45, 2.75) is 97.8 Å². The number of benzene rings is 1. The van der Waals surface area contributed by atoms with Gasteiger partial charge in [0.15, 0.2) is 0 Å². The monoisotopic (exact) mass is 392 g/mol. The maximum atomic E-state index is 13.7. The molecule has 0 N–H and O–H groups in total. The topological polar surface area (TPSA) is 17.1 Å². The molecule has 2 heteroatoms. The molecule has 1 aromatic rings. The second kappa shape index (κ2) is 15.3. The Morgan fingerprint density at radius 3 is 1.41 bits per heavy atom. The van der Waals surface area contributed by atoms with Gasteiger partial charge in [0.25, 0.3) is 0 Å². The Labute approximate surface area is 170 Å². The third-order valence-corrected chi connectivity index (χ3v) is 11.2. The van der Waals surface area contributed by atoms with Crippen LogP contribution in [0.5, 0.6) is 0 Å². The Bertz CT molecular complexity index is 451. The van der Waals surface area contributed by atoms with Crippen molar-refractivity contribution in [3.63, 3.8) is 0 Å². The van der Waals surface area contributed by atoms with Crippen LogP contribution in [0.2, 0.25) is 0 Å². The van der Waals surface area contributed by atoms with E-state index < -0.39 is 7.26 Å². The number of unbranched alkanes of at least 4 members (excludes halogenated alkanes) is 9. The molecule has 1 rings (SSSR count). The minimum atomic E-state index is -1.93. The summed E-state index contributed by atoms with van der Waals surface area (Å²) in [5.74, 6) is 0. The molecule has 0 bridgehead atoms. The molecule has 0 aliphatic carbocycles. The summed E-state index contributed by atoms with van der Waals surface area (Å²) in [7, 11) is -1.93. The van der Waals surface area contributed by atoms with E-state index in [0.717, 1.165) is 5.56 Å². The van der Waals surface area contributed by atoms with E-state index >= 15 is 0 Å². The van der Waals surface area contributed by atoms with E-state index in [1.807, 2.05) is 18.2 Å². The predicted molar refractivity (Wildman–Crippen MR) is 126 cm³/mol. The first-order valence-electron chi connectivity index (χ1n) is 11.8. The third-order valence-electron chi connectivity index (χ3n) is 6.04. The number of hydrogen-bond acceptors (Lipinski definition) is 1. The molecule has 0 fully saturated rings. The zero-order chi connectivity index (χ0) is 19.8. The van der Waals surface area contributed by atoms with Crippen molar-refractivity contribution in [2.75, 3.05) is 18.5 Å². The van der Waals surface area contributed by atoms with Gasteiger partial charge in [0.1, 0.15) is 0 Å². The first-order chi connectivity index (χ1) is 13.2. The number of carbonyl (C=O) groups is 1. The molecule has 0 saturated heterocycles. The van der Waals surface area contributed by atoms with Gasteiger partial charge in [0.2, 0.25) is 0 Å². The normalized spacial score (nSPS) is 12.3. The molecule has 0 unspecified atom stereocenters. The van der Waals surface area contributed by atoms with E-state index in [0.29, 0.717) is 5.52 Å². The standard InChI is InChI=1S/C25H45OP/c1-4-7-10-16-21-27(22-17-11-8-5-2,23-18-12-9-6-3)25(26)24-19-14-13-15-20-24/h13-15,19-20,27H,4-12,16-18,21-23H2,1-3H3. The molecule has 0 saturated carbocycles. The van der Waals surface area contributed by atoms with Crippen LogP contribution in [0.15, 0.2) is 30.3 Å². The summed E-state index contributed by atoms with van der Waals surface area (Å²) in [5, 5.41) is 0. The molecule has 0 aliphatic rings. The summed E-state index contributed by atoms with van der Waals surface area (Å²) < 4.78 is 0. The maximum absolute atomic E-state index is 13.7. The summed E-state index contributed by atoms with van der Waals surface area (Å²) in [6, 6.07) is 10.2. The van der Waals surface area contributed by atoms with Crippen LogP contribution in [-0.2, 0) is 0 Å². The van der Waals surface area contributed by atoms with Crippen molar-refractivity contribution >= 4 is 12.8 Å². The van der Waals surface area contributed by atoms with Crippen molar-refractivity contribution in [2.24, 2.45) is 0 Å². The Morgan fingerprint density at radius 2 is 1.04 bits per heavy atom. The fraction of sp³-hybridized carbons (Fsp3) is 0.720. The zero-order valence-electron chi connectivity index (χ0n) is 18.4. The molecular weight excluding hydrogens is 347 g/mol. The van der Waals surface area contributed by atoms with Gasteiger partial charge in [-0.05, 0) is 0 Å². The Balaban J connectivity index is 2.93. The molecule has 0 heterocycles. The minimum absolute atomic E-state index is 0.563. The van der Waals surface area contributed by atoms with Gasteiger partial charge in [-0.1, -0.05) is 0 Å². The molecular formula is C25H45OP. The van der Waals surface area contributed by atoms with Crippen LogP contribution >= 0.6 is 7.26 Å². The SMILES string of the molecule is CCCCCC[PH](CCCCCC)(CCCCCC)C(=O)c1ccccc1. The zero-order valence-corrected chi connectivity index (χ0v) is 19.4. The quantitative estimate of drug-likeness (QED) is 0.192. The number of hydrogen-bond donors (Lipinski definition) is 0. The molecule has 0 aliphatic heterocycles. The van der Waals surface area contributed by atoms with Crippen LogP contribution in [0.3, 0.4) is 0 Å². The van der Waals surface area contributed by atoms with Crippen molar-refractivity contribution in [3.05, 3.63) is 35.9 Å². The van der Waals surface area contributed by atoms with Crippen LogP contribution in [0, 0.1) is 0 Å². The average molecular weight is 393 g/mol. The molecule has 1 nitrogen and oxygen atoms in total. The van der Waals surface area contributed by atoms with E-state index in [1.165, 1.54) is 95.5 Å². The second-order valence-corrected chi connectivity index (χ2v) is 12.9. The van der Waals surface area contributed by atoms with Crippen molar-refractivity contribution in [1.29, 1.82) is 0 Å². The van der Waals surface area contributed by atoms with Crippen LogP contribution in [0.25, 0.3) is 0 Å². The van der Waals surface area contributed by atoms with E-state index in [9.17, 15) is 4.79 Å². The molecule has 0 radical (unpaired) electrons. The molecule has 156 valence electrons. The molecule has 27 heavy (non-hydrogen) atoms. The van der Waals surface area contributed by atoms with Gasteiger partial charge in [-0.2, -0.15) is 0 Å². The van der Waals surface area contributed by atoms with Gasteiger partial charge in [-0.15, -0.1) is 0 Å². The van der Waals surface area contributed by atoms with Crippen LogP contribution in [-0.4, -0.2) is 24.0 Å². The number of rotatable bonds is 17. The average Bonchev–Trinajstić information content (AvgIpc) is 2.71. The van der Waals surface area contributed by atoms with Gasteiger partial charge < -0.3 is 0 Å².